The van der Waals surface area contributed by atoms with E-state index in [9.17, 15) is 0 Å². The predicted octanol–water partition coefficient (Wildman–Crippen LogP) is 2.78. The molecule has 0 radical (unpaired) electrons. The normalized spacial score (nSPS) is 10.5. The fourth-order valence-electron chi connectivity index (χ4n) is 1.35. The van der Waals surface area contributed by atoms with Crippen molar-refractivity contribution in [2.24, 2.45) is 7.05 Å². The fraction of sp³-hybridized carbons (Fsp3) is 0.273. The van der Waals surface area contributed by atoms with Crippen LogP contribution in [0.3, 0.4) is 0 Å². The Hall–Kier alpha value is -1.01. The third kappa shape index (κ3) is 3.74. The first-order valence-corrected chi connectivity index (χ1v) is 7.00. The number of aryl methyl sites for hydroxylation is 1. The second-order valence-electron chi connectivity index (χ2n) is 3.45. The van der Waals surface area contributed by atoms with Gasteiger partial charge in [-0.15, -0.1) is 0 Å². The number of halogens is 1. The van der Waals surface area contributed by atoms with Gasteiger partial charge in [0.1, 0.15) is 6.33 Å². The quantitative estimate of drug-likeness (QED) is 0.681. The standard InChI is InChI=1S/C11H13BrN4S/c1-16-11(14-8-15-16)17-6-5-13-10-4-2-3-9(12)7-10/h2-4,7-8,13H,5-6H2,1H3. The molecule has 0 unspecified atom stereocenters. The molecule has 6 heteroatoms. The minimum absolute atomic E-state index is 0.897. The Morgan fingerprint density at radius 2 is 2.35 bits per heavy atom. The first kappa shape index (κ1) is 12.4. The molecule has 0 atom stereocenters. The van der Waals surface area contributed by atoms with Gasteiger partial charge in [-0.25, -0.2) is 9.67 Å². The highest BCUT2D eigenvalue weighted by molar-refractivity contribution is 9.10. The topological polar surface area (TPSA) is 42.7 Å². The molecule has 1 N–H and O–H groups in total. The summed E-state index contributed by atoms with van der Waals surface area (Å²) in [6, 6.07) is 8.15. The molecule has 0 aliphatic rings. The molecule has 0 aliphatic carbocycles. The summed E-state index contributed by atoms with van der Waals surface area (Å²) in [6.07, 6.45) is 1.57. The number of benzene rings is 1. The van der Waals surface area contributed by atoms with E-state index in [-0.39, 0.29) is 0 Å². The van der Waals surface area contributed by atoms with Gasteiger partial charge in [0, 0.05) is 29.5 Å². The lowest BCUT2D eigenvalue weighted by molar-refractivity contribution is 0.685. The molecule has 0 fully saturated rings. The molecule has 0 saturated heterocycles. The molecule has 90 valence electrons. The Kier molecular flexibility index (Phi) is 4.44. The van der Waals surface area contributed by atoms with Gasteiger partial charge >= 0.3 is 0 Å². The summed E-state index contributed by atoms with van der Waals surface area (Å²) >= 11 is 5.14. The summed E-state index contributed by atoms with van der Waals surface area (Å²) in [5, 5.41) is 8.33. The molecular weight excluding hydrogens is 300 g/mol. The number of aromatic nitrogens is 3. The van der Waals surface area contributed by atoms with Crippen molar-refractivity contribution in [3.8, 4) is 0 Å². The first-order chi connectivity index (χ1) is 8.25. The van der Waals surface area contributed by atoms with E-state index in [0.717, 1.165) is 27.6 Å². The maximum atomic E-state index is 4.15. The smallest absolute Gasteiger partial charge is 0.185 e. The van der Waals surface area contributed by atoms with Crippen molar-refractivity contribution in [1.82, 2.24) is 14.8 Å². The van der Waals surface area contributed by atoms with E-state index < -0.39 is 0 Å². The summed E-state index contributed by atoms with van der Waals surface area (Å²) in [5.74, 6) is 0.957. The summed E-state index contributed by atoms with van der Waals surface area (Å²) in [7, 11) is 1.90. The Morgan fingerprint density at radius 3 is 3.06 bits per heavy atom. The van der Waals surface area contributed by atoms with Crippen LogP contribution in [-0.4, -0.2) is 27.1 Å². The molecule has 2 rings (SSSR count). The SMILES string of the molecule is Cn1ncnc1SCCNc1cccc(Br)c1. The summed E-state index contributed by atoms with van der Waals surface area (Å²) in [6.45, 7) is 0.897. The van der Waals surface area contributed by atoms with Crippen LogP contribution in [0, 0.1) is 0 Å². The third-order valence-electron chi connectivity index (χ3n) is 2.16. The second-order valence-corrected chi connectivity index (χ2v) is 5.43. The zero-order valence-electron chi connectivity index (χ0n) is 9.43. The molecule has 2 aromatic rings. The summed E-state index contributed by atoms with van der Waals surface area (Å²) in [4.78, 5) is 4.15. The Balaban J connectivity index is 1.75. The predicted molar refractivity (Wildman–Crippen MR) is 74.4 cm³/mol. The van der Waals surface area contributed by atoms with Crippen LogP contribution >= 0.6 is 27.7 Å². The van der Waals surface area contributed by atoms with Crippen LogP contribution in [0.1, 0.15) is 0 Å². The minimum atomic E-state index is 0.897. The van der Waals surface area contributed by atoms with Crippen molar-refractivity contribution in [2.75, 3.05) is 17.6 Å². The van der Waals surface area contributed by atoms with E-state index in [1.807, 2.05) is 19.2 Å². The molecular formula is C11H13BrN4S. The van der Waals surface area contributed by atoms with Gasteiger partial charge < -0.3 is 5.32 Å². The molecule has 1 heterocycles. The summed E-state index contributed by atoms with van der Waals surface area (Å²) in [5.41, 5.74) is 1.12. The number of rotatable bonds is 5. The maximum Gasteiger partial charge on any atom is 0.185 e. The number of nitrogens with one attached hydrogen (secondary N) is 1. The van der Waals surface area contributed by atoms with Gasteiger partial charge in [0.05, 0.1) is 0 Å². The van der Waals surface area contributed by atoms with Crippen molar-refractivity contribution in [1.29, 1.82) is 0 Å². The molecule has 0 bridgehead atoms. The first-order valence-electron chi connectivity index (χ1n) is 5.22. The molecule has 0 spiro atoms. The van der Waals surface area contributed by atoms with Gasteiger partial charge in [-0.1, -0.05) is 33.8 Å². The highest BCUT2D eigenvalue weighted by Gasteiger charge is 2.00. The van der Waals surface area contributed by atoms with E-state index >= 15 is 0 Å². The van der Waals surface area contributed by atoms with Gasteiger partial charge in [-0.3, -0.25) is 0 Å². The van der Waals surface area contributed by atoms with Crippen LogP contribution in [0.5, 0.6) is 0 Å². The molecule has 1 aromatic heterocycles. The number of anilines is 1. The maximum absolute atomic E-state index is 4.15. The van der Waals surface area contributed by atoms with E-state index in [1.165, 1.54) is 0 Å². The Morgan fingerprint density at radius 1 is 1.47 bits per heavy atom. The number of hydrogen-bond acceptors (Lipinski definition) is 4. The average molecular weight is 313 g/mol. The Bertz CT molecular complexity index is 486. The van der Waals surface area contributed by atoms with Gasteiger partial charge in [-0.05, 0) is 18.2 Å². The van der Waals surface area contributed by atoms with Crippen LogP contribution in [0.15, 0.2) is 40.2 Å². The van der Waals surface area contributed by atoms with E-state index in [0.29, 0.717) is 0 Å². The number of thioether (sulfide) groups is 1. The lowest BCUT2D eigenvalue weighted by Gasteiger charge is -2.06. The highest BCUT2D eigenvalue weighted by Crippen LogP contribution is 2.16. The zero-order chi connectivity index (χ0) is 12.1. The van der Waals surface area contributed by atoms with Gasteiger partial charge in [0.2, 0.25) is 0 Å². The Labute approximate surface area is 113 Å². The average Bonchev–Trinajstić information content (AvgIpc) is 2.71. The lowest BCUT2D eigenvalue weighted by Crippen LogP contribution is -2.05. The highest BCUT2D eigenvalue weighted by atomic mass is 79.9. The molecule has 0 saturated carbocycles. The fourth-order valence-corrected chi connectivity index (χ4v) is 2.49. The van der Waals surface area contributed by atoms with Crippen molar-refractivity contribution >= 4 is 33.4 Å². The van der Waals surface area contributed by atoms with Gasteiger partial charge in [0.25, 0.3) is 0 Å². The largest absolute Gasteiger partial charge is 0.384 e. The van der Waals surface area contributed by atoms with Crippen LogP contribution in [0.2, 0.25) is 0 Å². The van der Waals surface area contributed by atoms with E-state index in [2.05, 4.69) is 43.5 Å². The summed E-state index contributed by atoms with van der Waals surface area (Å²) < 4.78 is 2.87. The minimum Gasteiger partial charge on any atom is -0.384 e. The molecule has 0 aliphatic heterocycles. The second kappa shape index (κ2) is 6.07. The van der Waals surface area contributed by atoms with Crippen molar-refractivity contribution in [2.45, 2.75) is 5.16 Å². The zero-order valence-corrected chi connectivity index (χ0v) is 11.8. The van der Waals surface area contributed by atoms with Crippen LogP contribution in [-0.2, 0) is 7.05 Å². The molecule has 1 aromatic carbocycles. The van der Waals surface area contributed by atoms with E-state index in [1.54, 1.807) is 22.8 Å². The van der Waals surface area contributed by atoms with Gasteiger partial charge in [0.15, 0.2) is 5.16 Å². The van der Waals surface area contributed by atoms with Crippen molar-refractivity contribution in [3.05, 3.63) is 35.1 Å². The lowest BCUT2D eigenvalue weighted by atomic mass is 10.3. The molecule has 4 nitrogen and oxygen atoms in total. The molecule has 17 heavy (non-hydrogen) atoms. The van der Waals surface area contributed by atoms with Crippen LogP contribution < -0.4 is 5.32 Å². The van der Waals surface area contributed by atoms with Crippen molar-refractivity contribution in [3.63, 3.8) is 0 Å². The third-order valence-corrected chi connectivity index (χ3v) is 3.69. The van der Waals surface area contributed by atoms with E-state index in [4.69, 9.17) is 0 Å². The number of hydrogen-bond donors (Lipinski definition) is 1. The van der Waals surface area contributed by atoms with Crippen LogP contribution in [0.25, 0.3) is 0 Å². The number of nitrogens with zero attached hydrogens (tertiary/aromatic N) is 3. The van der Waals surface area contributed by atoms with Crippen molar-refractivity contribution < 1.29 is 0 Å². The monoisotopic (exact) mass is 312 g/mol. The van der Waals surface area contributed by atoms with Gasteiger partial charge in [-0.2, -0.15) is 5.10 Å². The molecule has 0 amide bonds. The van der Waals surface area contributed by atoms with Crippen LogP contribution in [0.4, 0.5) is 5.69 Å².